The molecule has 11 heteroatoms. The smallest absolute Gasteiger partial charge is 0.244 e. The average Bonchev–Trinajstić information content (AvgIpc) is 2.79. The van der Waals surface area contributed by atoms with E-state index in [0.717, 1.165) is 15.5 Å². The maximum Gasteiger partial charge on any atom is 0.244 e. The fraction of sp³-hybridized carbons (Fsp3) is 0.440. The number of carbonyl (C=O) groups is 2. The summed E-state index contributed by atoms with van der Waals surface area (Å²) in [6.45, 7) is 6.02. The summed E-state index contributed by atoms with van der Waals surface area (Å²) in [5.41, 5.74) is -0.270. The first-order valence-corrected chi connectivity index (χ1v) is 13.1. The van der Waals surface area contributed by atoms with E-state index in [1.807, 2.05) is 0 Å². The molecular formula is C25H34FN3O6S. The molecule has 1 unspecified atom stereocenters. The maximum absolute atomic E-state index is 14.5. The summed E-state index contributed by atoms with van der Waals surface area (Å²) in [6.07, 6.45) is 0.959. The van der Waals surface area contributed by atoms with Gasteiger partial charge < -0.3 is 19.7 Å². The normalized spacial score (nSPS) is 12.4. The minimum atomic E-state index is -3.96. The predicted octanol–water partition coefficient (Wildman–Crippen LogP) is 2.94. The lowest BCUT2D eigenvalue weighted by molar-refractivity contribution is -0.140. The Bertz CT molecular complexity index is 1200. The molecule has 198 valence electrons. The number of nitrogens with one attached hydrogen (secondary N) is 1. The second-order valence-corrected chi connectivity index (χ2v) is 11.2. The third kappa shape index (κ3) is 7.58. The van der Waals surface area contributed by atoms with Crippen LogP contribution in [0.15, 0.2) is 42.5 Å². The lowest BCUT2D eigenvalue weighted by atomic mass is 10.1. The number of amides is 2. The van der Waals surface area contributed by atoms with Crippen molar-refractivity contribution in [3.05, 3.63) is 53.8 Å². The molecule has 2 amide bonds. The molecule has 0 saturated heterocycles. The molecule has 0 bridgehead atoms. The van der Waals surface area contributed by atoms with Crippen molar-refractivity contribution >= 4 is 27.5 Å². The van der Waals surface area contributed by atoms with Crippen LogP contribution in [-0.4, -0.2) is 63.7 Å². The lowest BCUT2D eigenvalue weighted by Crippen LogP contribution is -2.54. The fourth-order valence-electron chi connectivity index (χ4n) is 3.45. The molecule has 0 spiro atoms. The summed E-state index contributed by atoms with van der Waals surface area (Å²) in [5.74, 6) is -1.09. The van der Waals surface area contributed by atoms with Crippen LogP contribution >= 0.6 is 0 Å². The zero-order valence-electron chi connectivity index (χ0n) is 21.7. The molecule has 9 nitrogen and oxygen atoms in total. The largest absolute Gasteiger partial charge is 0.497 e. The van der Waals surface area contributed by atoms with E-state index in [1.165, 1.54) is 57.5 Å². The van der Waals surface area contributed by atoms with Gasteiger partial charge in [-0.05, 0) is 45.9 Å². The maximum atomic E-state index is 14.5. The first-order valence-electron chi connectivity index (χ1n) is 11.2. The summed E-state index contributed by atoms with van der Waals surface area (Å²) in [4.78, 5) is 27.7. The molecule has 0 aliphatic rings. The highest BCUT2D eigenvalue weighted by Crippen LogP contribution is 2.33. The van der Waals surface area contributed by atoms with E-state index >= 15 is 0 Å². The number of ether oxygens (including phenoxy) is 2. The summed E-state index contributed by atoms with van der Waals surface area (Å²) in [6, 6.07) is 9.37. The van der Waals surface area contributed by atoms with Gasteiger partial charge in [0.1, 0.15) is 29.9 Å². The molecule has 2 aromatic carbocycles. The molecule has 0 aromatic heterocycles. The summed E-state index contributed by atoms with van der Waals surface area (Å²) in [7, 11) is -1.14. The summed E-state index contributed by atoms with van der Waals surface area (Å²) < 4.78 is 51.3. The molecule has 0 saturated carbocycles. The molecule has 0 aliphatic carbocycles. The van der Waals surface area contributed by atoms with Gasteiger partial charge in [0.15, 0.2) is 0 Å². The van der Waals surface area contributed by atoms with Crippen LogP contribution < -0.4 is 19.1 Å². The molecule has 2 aromatic rings. The first-order chi connectivity index (χ1) is 16.7. The molecule has 2 rings (SSSR count). The van der Waals surface area contributed by atoms with Crippen LogP contribution in [0.5, 0.6) is 11.5 Å². The van der Waals surface area contributed by atoms with Crippen LogP contribution in [0.2, 0.25) is 0 Å². The van der Waals surface area contributed by atoms with Crippen molar-refractivity contribution in [1.29, 1.82) is 0 Å². The Morgan fingerprint density at radius 3 is 2.25 bits per heavy atom. The minimum Gasteiger partial charge on any atom is -0.497 e. The Labute approximate surface area is 212 Å². The summed E-state index contributed by atoms with van der Waals surface area (Å²) >= 11 is 0. The number of rotatable bonds is 10. The molecule has 0 heterocycles. The second-order valence-electron chi connectivity index (χ2n) is 9.34. The molecule has 0 fully saturated rings. The Morgan fingerprint density at radius 2 is 1.72 bits per heavy atom. The van der Waals surface area contributed by atoms with E-state index in [2.05, 4.69) is 5.32 Å². The van der Waals surface area contributed by atoms with Gasteiger partial charge >= 0.3 is 0 Å². The van der Waals surface area contributed by atoms with Gasteiger partial charge in [0.25, 0.3) is 0 Å². The number of benzene rings is 2. The number of hydrogen-bond donors (Lipinski definition) is 1. The van der Waals surface area contributed by atoms with Crippen molar-refractivity contribution in [2.75, 3.05) is 31.3 Å². The topological polar surface area (TPSA) is 105 Å². The number of nitrogens with zero attached hydrogens (tertiary/aromatic N) is 2. The van der Waals surface area contributed by atoms with Crippen molar-refractivity contribution < 1.29 is 31.9 Å². The zero-order valence-corrected chi connectivity index (χ0v) is 22.5. The first kappa shape index (κ1) is 28.9. The van der Waals surface area contributed by atoms with Crippen LogP contribution in [0.25, 0.3) is 0 Å². The van der Waals surface area contributed by atoms with E-state index in [1.54, 1.807) is 26.8 Å². The van der Waals surface area contributed by atoms with Crippen LogP contribution in [-0.2, 0) is 26.2 Å². The van der Waals surface area contributed by atoms with Crippen LogP contribution in [0.3, 0.4) is 0 Å². The van der Waals surface area contributed by atoms with Gasteiger partial charge in [0.2, 0.25) is 21.8 Å². The molecule has 1 atom stereocenters. The standard InChI is InChI=1S/C25H34FN3O6S/c1-17(24(31)27-25(2,3)4)28(15-18-10-8-9-11-20(18)26)23(30)16-29(36(7,32)33)21-13-12-19(34-5)14-22(21)35-6/h8-14,17H,15-16H2,1-7H3,(H,27,31). The van der Waals surface area contributed by atoms with E-state index in [9.17, 15) is 22.4 Å². The van der Waals surface area contributed by atoms with Gasteiger partial charge in [-0.15, -0.1) is 0 Å². The highest BCUT2D eigenvalue weighted by atomic mass is 32.2. The third-order valence-electron chi connectivity index (χ3n) is 5.30. The van der Waals surface area contributed by atoms with E-state index in [4.69, 9.17) is 9.47 Å². The van der Waals surface area contributed by atoms with Gasteiger partial charge in [-0.25, -0.2) is 12.8 Å². The summed E-state index contributed by atoms with van der Waals surface area (Å²) in [5, 5.41) is 2.81. The molecular weight excluding hydrogens is 489 g/mol. The minimum absolute atomic E-state index is 0.117. The van der Waals surface area contributed by atoms with Crippen molar-refractivity contribution in [2.45, 2.75) is 45.8 Å². The molecule has 0 aliphatic heterocycles. The highest BCUT2D eigenvalue weighted by Gasteiger charge is 2.32. The highest BCUT2D eigenvalue weighted by molar-refractivity contribution is 7.92. The van der Waals surface area contributed by atoms with Crippen molar-refractivity contribution in [2.24, 2.45) is 0 Å². The number of sulfonamides is 1. The zero-order chi connectivity index (χ0) is 27.3. The van der Waals surface area contributed by atoms with Gasteiger partial charge in [-0.1, -0.05) is 18.2 Å². The SMILES string of the molecule is COc1ccc(N(CC(=O)N(Cc2ccccc2F)C(C)C(=O)NC(C)(C)C)S(C)(=O)=O)c(OC)c1. The number of methoxy groups -OCH3 is 2. The molecule has 0 radical (unpaired) electrons. The van der Waals surface area contributed by atoms with Gasteiger partial charge in [0, 0.05) is 23.7 Å². The Kier molecular flexibility index (Phi) is 9.31. The molecule has 1 N–H and O–H groups in total. The van der Waals surface area contributed by atoms with Gasteiger partial charge in [-0.2, -0.15) is 0 Å². The number of hydrogen-bond acceptors (Lipinski definition) is 6. The van der Waals surface area contributed by atoms with E-state index in [0.29, 0.717) is 5.75 Å². The lowest BCUT2D eigenvalue weighted by Gasteiger charge is -2.33. The van der Waals surface area contributed by atoms with Gasteiger partial charge in [-0.3, -0.25) is 13.9 Å². The van der Waals surface area contributed by atoms with Crippen molar-refractivity contribution in [3.8, 4) is 11.5 Å². The predicted molar refractivity (Wildman–Crippen MR) is 136 cm³/mol. The van der Waals surface area contributed by atoms with Crippen LogP contribution in [0, 0.1) is 5.82 Å². The van der Waals surface area contributed by atoms with E-state index in [-0.39, 0.29) is 23.5 Å². The van der Waals surface area contributed by atoms with Crippen molar-refractivity contribution in [3.63, 3.8) is 0 Å². The molecule has 36 heavy (non-hydrogen) atoms. The number of carbonyl (C=O) groups excluding carboxylic acids is 2. The third-order valence-corrected chi connectivity index (χ3v) is 6.43. The quantitative estimate of drug-likeness (QED) is 0.514. The average molecular weight is 524 g/mol. The Hall–Kier alpha value is -3.34. The van der Waals surface area contributed by atoms with Crippen LogP contribution in [0.4, 0.5) is 10.1 Å². The fourth-order valence-corrected chi connectivity index (χ4v) is 4.31. The monoisotopic (exact) mass is 523 g/mol. The number of anilines is 1. The van der Waals surface area contributed by atoms with Crippen LogP contribution in [0.1, 0.15) is 33.3 Å². The van der Waals surface area contributed by atoms with Gasteiger partial charge in [0.05, 0.1) is 26.2 Å². The number of halogens is 1. The van der Waals surface area contributed by atoms with Crippen molar-refractivity contribution in [1.82, 2.24) is 10.2 Å². The second kappa shape index (κ2) is 11.6. The van der Waals surface area contributed by atoms with E-state index < -0.39 is 45.8 Å². The Morgan fingerprint density at radius 1 is 1.08 bits per heavy atom. The Balaban J connectivity index is 2.49.